The fourth-order valence-electron chi connectivity index (χ4n) is 1.08. The highest BCUT2D eigenvalue weighted by Gasteiger charge is 2.08. The maximum atomic E-state index is 12.9. The van der Waals surface area contributed by atoms with Gasteiger partial charge in [-0.15, -0.1) is 5.92 Å². The average molecular weight is 211 g/mol. The number of aromatic hydroxyl groups is 1. The highest BCUT2D eigenvalue weighted by atomic mass is 19.1. The maximum Gasteiger partial charge on any atom is 0.187 e. The van der Waals surface area contributed by atoms with E-state index in [1.165, 1.54) is 0 Å². The number of hydrogen-bond acceptors (Lipinski definition) is 2. The lowest BCUT2D eigenvalue weighted by molar-refractivity contribution is 0.395. The van der Waals surface area contributed by atoms with Gasteiger partial charge in [0.1, 0.15) is 0 Å². The zero-order valence-electron chi connectivity index (χ0n) is 8.27. The molecule has 0 atom stereocenters. The Bertz CT molecular complexity index is 384. The molecule has 0 aliphatic heterocycles. The van der Waals surface area contributed by atoms with Gasteiger partial charge < -0.3 is 10.4 Å². The predicted molar refractivity (Wildman–Crippen MR) is 53.2 cm³/mol. The van der Waals surface area contributed by atoms with Crippen molar-refractivity contribution in [2.24, 2.45) is 0 Å². The maximum absolute atomic E-state index is 12.9. The molecule has 0 amide bonds. The Hall–Kier alpha value is -1.60. The van der Waals surface area contributed by atoms with Gasteiger partial charge in [0.25, 0.3) is 0 Å². The number of nitrogens with one attached hydrogen (secondary N) is 1. The van der Waals surface area contributed by atoms with Crippen LogP contribution in [0.4, 0.5) is 8.78 Å². The SMILES string of the molecule is CC#CCNCc1cc(F)c(O)c(F)c1. The van der Waals surface area contributed by atoms with Gasteiger partial charge in [0.15, 0.2) is 17.4 Å². The van der Waals surface area contributed by atoms with Gasteiger partial charge in [-0.2, -0.15) is 0 Å². The predicted octanol–water partition coefficient (Wildman–Crippen LogP) is 1.78. The molecule has 1 aromatic rings. The Labute approximate surface area is 86.9 Å². The quantitative estimate of drug-likeness (QED) is 0.590. The lowest BCUT2D eigenvalue weighted by Gasteiger charge is -2.03. The molecular weight excluding hydrogens is 200 g/mol. The van der Waals surface area contributed by atoms with E-state index >= 15 is 0 Å². The third-order valence-corrected chi connectivity index (χ3v) is 1.80. The third-order valence-electron chi connectivity index (χ3n) is 1.80. The number of phenolic OH excluding ortho intramolecular Hbond substituents is 1. The van der Waals surface area contributed by atoms with E-state index in [-0.39, 0.29) is 0 Å². The highest BCUT2D eigenvalue weighted by molar-refractivity contribution is 5.29. The summed E-state index contributed by atoms with van der Waals surface area (Å²) >= 11 is 0. The first kappa shape index (κ1) is 11.5. The summed E-state index contributed by atoms with van der Waals surface area (Å²) in [5.74, 6) is 2.61. The molecule has 15 heavy (non-hydrogen) atoms. The van der Waals surface area contributed by atoms with Crippen LogP contribution in [0.25, 0.3) is 0 Å². The fourth-order valence-corrected chi connectivity index (χ4v) is 1.08. The van der Waals surface area contributed by atoms with E-state index < -0.39 is 17.4 Å². The van der Waals surface area contributed by atoms with Crippen LogP contribution in [0.3, 0.4) is 0 Å². The molecule has 0 spiro atoms. The molecular formula is C11H11F2NO. The first-order valence-corrected chi connectivity index (χ1v) is 4.42. The standard InChI is InChI=1S/C11H11F2NO/c1-2-3-4-14-7-8-5-9(12)11(15)10(13)6-8/h5-6,14-15H,4,7H2,1H3. The fraction of sp³-hybridized carbons (Fsp3) is 0.273. The van der Waals surface area contributed by atoms with E-state index in [1.54, 1.807) is 6.92 Å². The summed E-state index contributed by atoms with van der Waals surface area (Å²) in [6.45, 7) is 2.48. The third kappa shape index (κ3) is 3.22. The second-order valence-corrected chi connectivity index (χ2v) is 2.94. The van der Waals surface area contributed by atoms with E-state index in [0.29, 0.717) is 18.7 Å². The van der Waals surface area contributed by atoms with E-state index in [2.05, 4.69) is 17.2 Å². The minimum Gasteiger partial charge on any atom is -0.503 e. The van der Waals surface area contributed by atoms with Crippen molar-refractivity contribution in [3.05, 3.63) is 29.3 Å². The Morgan fingerprint density at radius 3 is 2.47 bits per heavy atom. The molecule has 0 saturated heterocycles. The summed E-state index contributed by atoms with van der Waals surface area (Å²) in [5.41, 5.74) is 0.431. The normalized spacial score (nSPS) is 9.53. The average Bonchev–Trinajstić information content (AvgIpc) is 2.21. The van der Waals surface area contributed by atoms with Gasteiger partial charge in [0.05, 0.1) is 6.54 Å². The zero-order chi connectivity index (χ0) is 11.3. The lowest BCUT2D eigenvalue weighted by atomic mass is 10.2. The van der Waals surface area contributed by atoms with Crippen molar-refractivity contribution in [3.8, 4) is 17.6 Å². The van der Waals surface area contributed by atoms with Crippen LogP contribution < -0.4 is 5.32 Å². The molecule has 0 heterocycles. The monoisotopic (exact) mass is 211 g/mol. The van der Waals surface area contributed by atoms with Crippen LogP contribution in [0, 0.1) is 23.5 Å². The minimum absolute atomic E-state index is 0.308. The largest absolute Gasteiger partial charge is 0.503 e. The van der Waals surface area contributed by atoms with Gasteiger partial charge in [-0.1, -0.05) is 5.92 Å². The van der Waals surface area contributed by atoms with Gasteiger partial charge in [0.2, 0.25) is 0 Å². The summed E-state index contributed by atoms with van der Waals surface area (Å²) in [6.07, 6.45) is 0. The smallest absolute Gasteiger partial charge is 0.187 e. The molecule has 0 aliphatic rings. The van der Waals surface area contributed by atoms with Crippen LogP contribution in [0.2, 0.25) is 0 Å². The molecule has 80 valence electrons. The summed E-state index contributed by atoms with van der Waals surface area (Å²) in [5, 5.41) is 11.7. The van der Waals surface area contributed by atoms with Crippen molar-refractivity contribution >= 4 is 0 Å². The summed E-state index contributed by atoms with van der Waals surface area (Å²) in [7, 11) is 0. The number of hydrogen-bond donors (Lipinski definition) is 2. The van der Waals surface area contributed by atoms with Crippen molar-refractivity contribution in [3.63, 3.8) is 0 Å². The van der Waals surface area contributed by atoms with Crippen molar-refractivity contribution in [1.82, 2.24) is 5.32 Å². The minimum atomic E-state index is -0.951. The Morgan fingerprint density at radius 2 is 1.93 bits per heavy atom. The molecule has 0 unspecified atom stereocenters. The van der Waals surface area contributed by atoms with Crippen LogP contribution in [0.15, 0.2) is 12.1 Å². The topological polar surface area (TPSA) is 32.3 Å². The zero-order valence-corrected chi connectivity index (χ0v) is 8.27. The van der Waals surface area contributed by atoms with Crippen LogP contribution in [0.1, 0.15) is 12.5 Å². The molecule has 0 saturated carbocycles. The Kier molecular flexibility index (Phi) is 4.07. The van der Waals surface area contributed by atoms with Crippen molar-refractivity contribution in [2.75, 3.05) is 6.54 Å². The lowest BCUT2D eigenvalue weighted by Crippen LogP contribution is -2.13. The van der Waals surface area contributed by atoms with E-state index in [0.717, 1.165) is 12.1 Å². The van der Waals surface area contributed by atoms with E-state index in [9.17, 15) is 8.78 Å². The van der Waals surface area contributed by atoms with Gasteiger partial charge in [-0.3, -0.25) is 0 Å². The van der Waals surface area contributed by atoms with Gasteiger partial charge in [0, 0.05) is 6.54 Å². The summed E-state index contributed by atoms with van der Waals surface area (Å²) < 4.78 is 25.7. The molecule has 1 rings (SSSR count). The van der Waals surface area contributed by atoms with Crippen molar-refractivity contribution in [2.45, 2.75) is 13.5 Å². The van der Waals surface area contributed by atoms with E-state index in [4.69, 9.17) is 5.11 Å². The van der Waals surface area contributed by atoms with Gasteiger partial charge in [-0.05, 0) is 24.6 Å². The molecule has 4 heteroatoms. The summed E-state index contributed by atoms with van der Waals surface area (Å²) in [6, 6.07) is 2.18. The molecule has 0 aromatic heterocycles. The van der Waals surface area contributed by atoms with Gasteiger partial charge >= 0.3 is 0 Å². The number of benzene rings is 1. The molecule has 0 fully saturated rings. The number of halogens is 2. The van der Waals surface area contributed by atoms with Crippen LogP contribution in [0.5, 0.6) is 5.75 Å². The van der Waals surface area contributed by atoms with Crippen molar-refractivity contribution < 1.29 is 13.9 Å². The molecule has 0 aliphatic carbocycles. The molecule has 0 radical (unpaired) electrons. The number of phenols is 1. The van der Waals surface area contributed by atoms with Crippen molar-refractivity contribution in [1.29, 1.82) is 0 Å². The first-order chi connectivity index (χ1) is 7.15. The first-order valence-electron chi connectivity index (χ1n) is 4.42. The molecule has 0 bridgehead atoms. The van der Waals surface area contributed by atoms with E-state index in [1.807, 2.05) is 0 Å². The Morgan fingerprint density at radius 1 is 1.33 bits per heavy atom. The summed E-state index contributed by atoms with van der Waals surface area (Å²) in [4.78, 5) is 0. The molecule has 2 N–H and O–H groups in total. The molecule has 1 aromatic carbocycles. The Balaban J connectivity index is 2.65. The number of rotatable bonds is 3. The van der Waals surface area contributed by atoms with Crippen LogP contribution >= 0.6 is 0 Å². The van der Waals surface area contributed by atoms with Crippen LogP contribution in [-0.4, -0.2) is 11.7 Å². The van der Waals surface area contributed by atoms with Crippen LogP contribution in [-0.2, 0) is 6.54 Å². The molecule has 2 nitrogen and oxygen atoms in total. The van der Waals surface area contributed by atoms with Gasteiger partial charge in [-0.25, -0.2) is 8.78 Å². The second kappa shape index (κ2) is 5.32. The highest BCUT2D eigenvalue weighted by Crippen LogP contribution is 2.21. The second-order valence-electron chi connectivity index (χ2n) is 2.94.